The Balaban J connectivity index is 1.67. The second-order valence-electron chi connectivity index (χ2n) is 7.20. The summed E-state index contributed by atoms with van der Waals surface area (Å²) in [5, 5.41) is 15.7. The van der Waals surface area contributed by atoms with E-state index in [2.05, 4.69) is 25.8 Å². The predicted molar refractivity (Wildman–Crippen MR) is 129 cm³/mol. The monoisotopic (exact) mass is 492 g/mol. The molecule has 2 aromatic heterocycles. The van der Waals surface area contributed by atoms with Crippen molar-refractivity contribution in [1.29, 1.82) is 0 Å². The molecule has 2 amide bonds. The number of rotatable bonds is 8. The number of nitrogens with one attached hydrogen (secondary N) is 2. The number of carbonyl (C=O) groups excluding carboxylic acids is 2. The Morgan fingerprint density at radius 3 is 2.47 bits per heavy atom. The van der Waals surface area contributed by atoms with E-state index in [0.29, 0.717) is 33.2 Å². The van der Waals surface area contributed by atoms with Gasteiger partial charge in [0.05, 0.1) is 17.0 Å². The van der Waals surface area contributed by atoms with E-state index in [-0.39, 0.29) is 17.9 Å². The van der Waals surface area contributed by atoms with Gasteiger partial charge in [0, 0.05) is 22.0 Å². The molecular weight excluding hydrogens is 468 g/mol. The molecule has 3 rings (SSSR count). The molecule has 0 aliphatic carbocycles. The minimum Gasteiger partial charge on any atom is -0.342 e. The molecule has 0 radical (unpaired) electrons. The molecule has 0 bridgehead atoms. The molecule has 0 aliphatic rings. The normalized spacial score (nSPS) is 12.9. The number of carbonyl (C=O) groups is 2. The molecule has 32 heavy (non-hydrogen) atoms. The third-order valence-corrected chi connectivity index (χ3v) is 7.13. The fourth-order valence-corrected chi connectivity index (χ4v) is 4.76. The lowest BCUT2D eigenvalue weighted by Crippen LogP contribution is -2.29. The number of halogens is 1. The van der Waals surface area contributed by atoms with Crippen LogP contribution in [0.4, 0.5) is 5.13 Å². The van der Waals surface area contributed by atoms with Crippen molar-refractivity contribution in [2.45, 2.75) is 57.6 Å². The molecule has 0 fully saturated rings. The standard InChI is InChI=1S/C21H25ClN6O2S2/c1-6-28-17(12(3)23-19(30)15-7-9-16(22)10-8-15)26-27-21(28)32-14(5)18(29)25-20-24-11(2)13(4)31-20/h7-10,12,14H,6H2,1-5H3,(H,23,30)(H,24,25,29)/t12-,14+/m1/s1. The third-order valence-electron chi connectivity index (χ3n) is 4.81. The highest BCUT2D eigenvalue weighted by Crippen LogP contribution is 2.27. The summed E-state index contributed by atoms with van der Waals surface area (Å²) in [5.41, 5.74) is 1.42. The Bertz CT molecular complexity index is 1090. The smallest absolute Gasteiger partial charge is 0.251 e. The Labute approximate surface area is 200 Å². The van der Waals surface area contributed by atoms with Crippen LogP contribution in [0.25, 0.3) is 0 Å². The number of nitrogens with zero attached hydrogens (tertiary/aromatic N) is 4. The van der Waals surface area contributed by atoms with Crippen LogP contribution in [0.5, 0.6) is 0 Å². The molecule has 1 aromatic carbocycles. The number of thiazole rings is 1. The van der Waals surface area contributed by atoms with Crippen LogP contribution in [0.2, 0.25) is 5.02 Å². The number of aryl methyl sites for hydroxylation is 2. The van der Waals surface area contributed by atoms with Crippen molar-refractivity contribution in [3.8, 4) is 0 Å². The molecule has 0 saturated heterocycles. The minimum absolute atomic E-state index is 0.153. The topological polar surface area (TPSA) is 102 Å². The molecule has 0 unspecified atom stereocenters. The number of benzene rings is 1. The van der Waals surface area contributed by atoms with Crippen molar-refractivity contribution >= 4 is 51.6 Å². The molecule has 2 N–H and O–H groups in total. The maximum Gasteiger partial charge on any atom is 0.251 e. The van der Waals surface area contributed by atoms with Gasteiger partial charge in [0.15, 0.2) is 16.1 Å². The quantitative estimate of drug-likeness (QED) is 0.444. The summed E-state index contributed by atoms with van der Waals surface area (Å²) in [7, 11) is 0. The fraction of sp³-hybridized carbons (Fsp3) is 0.381. The van der Waals surface area contributed by atoms with E-state index in [0.717, 1.165) is 10.6 Å². The van der Waals surface area contributed by atoms with Gasteiger partial charge in [-0.05, 0) is 58.9 Å². The minimum atomic E-state index is -0.402. The largest absolute Gasteiger partial charge is 0.342 e. The van der Waals surface area contributed by atoms with Crippen LogP contribution in [-0.2, 0) is 11.3 Å². The van der Waals surface area contributed by atoms with Gasteiger partial charge >= 0.3 is 0 Å². The number of thioether (sulfide) groups is 1. The Hall–Kier alpha value is -2.43. The highest BCUT2D eigenvalue weighted by atomic mass is 35.5. The SMILES string of the molecule is CCn1c(S[C@@H](C)C(=O)Nc2nc(C)c(C)s2)nnc1[C@@H](C)NC(=O)c1ccc(Cl)cc1. The lowest BCUT2D eigenvalue weighted by molar-refractivity contribution is -0.115. The molecule has 170 valence electrons. The molecule has 2 heterocycles. The van der Waals surface area contributed by atoms with Crippen LogP contribution in [0, 0.1) is 13.8 Å². The zero-order valence-corrected chi connectivity index (χ0v) is 20.9. The Morgan fingerprint density at radius 1 is 1.19 bits per heavy atom. The average molecular weight is 493 g/mol. The van der Waals surface area contributed by atoms with Crippen molar-refractivity contribution in [3.63, 3.8) is 0 Å². The molecule has 0 spiro atoms. The van der Waals surface area contributed by atoms with Gasteiger partial charge in [0.1, 0.15) is 0 Å². The summed E-state index contributed by atoms with van der Waals surface area (Å²) in [4.78, 5) is 30.6. The van der Waals surface area contributed by atoms with Gasteiger partial charge in [-0.1, -0.05) is 23.4 Å². The van der Waals surface area contributed by atoms with Gasteiger partial charge in [-0.3, -0.25) is 9.59 Å². The summed E-state index contributed by atoms with van der Waals surface area (Å²) in [6.07, 6.45) is 0. The van der Waals surface area contributed by atoms with E-state index in [1.807, 2.05) is 39.2 Å². The Morgan fingerprint density at radius 2 is 1.88 bits per heavy atom. The summed E-state index contributed by atoms with van der Waals surface area (Å²) >= 11 is 8.66. The number of aromatic nitrogens is 4. The van der Waals surface area contributed by atoms with E-state index >= 15 is 0 Å². The van der Waals surface area contributed by atoms with Crippen LogP contribution in [-0.4, -0.2) is 36.8 Å². The van der Waals surface area contributed by atoms with Crippen LogP contribution < -0.4 is 10.6 Å². The second-order valence-corrected chi connectivity index (χ2v) is 10.1. The van der Waals surface area contributed by atoms with E-state index in [9.17, 15) is 9.59 Å². The van der Waals surface area contributed by atoms with Gasteiger partial charge < -0.3 is 15.2 Å². The summed E-state index contributed by atoms with van der Waals surface area (Å²) in [5.74, 6) is 0.243. The number of amides is 2. The fourth-order valence-electron chi connectivity index (χ4n) is 2.90. The van der Waals surface area contributed by atoms with Crippen molar-refractivity contribution in [1.82, 2.24) is 25.1 Å². The van der Waals surface area contributed by atoms with E-state index in [4.69, 9.17) is 11.6 Å². The average Bonchev–Trinajstić information content (AvgIpc) is 3.30. The molecule has 2 atom stereocenters. The highest BCUT2D eigenvalue weighted by molar-refractivity contribution is 8.00. The first-order valence-electron chi connectivity index (χ1n) is 10.1. The molecular formula is C21H25ClN6O2S2. The van der Waals surface area contributed by atoms with Gasteiger partial charge in [-0.2, -0.15) is 0 Å². The maximum absolute atomic E-state index is 12.6. The molecule has 0 saturated carbocycles. The van der Waals surface area contributed by atoms with E-state index in [1.54, 1.807) is 24.3 Å². The number of hydrogen-bond acceptors (Lipinski definition) is 7. The zero-order valence-electron chi connectivity index (χ0n) is 18.5. The Kier molecular flexibility index (Phi) is 7.91. The summed E-state index contributed by atoms with van der Waals surface area (Å²) < 4.78 is 1.90. The zero-order chi connectivity index (χ0) is 23.4. The second kappa shape index (κ2) is 10.5. The first-order valence-corrected chi connectivity index (χ1v) is 12.2. The lowest BCUT2D eigenvalue weighted by atomic mass is 10.2. The van der Waals surface area contributed by atoms with Crippen LogP contribution in [0.3, 0.4) is 0 Å². The van der Waals surface area contributed by atoms with Crippen LogP contribution >= 0.6 is 34.7 Å². The van der Waals surface area contributed by atoms with Gasteiger partial charge in [0.25, 0.3) is 5.91 Å². The first kappa shape index (κ1) is 24.2. The molecule has 3 aromatic rings. The summed E-state index contributed by atoms with van der Waals surface area (Å²) in [6.45, 7) is 10.1. The van der Waals surface area contributed by atoms with Crippen molar-refractivity contribution in [2.75, 3.05) is 5.32 Å². The maximum atomic E-state index is 12.6. The first-order chi connectivity index (χ1) is 15.2. The van der Waals surface area contributed by atoms with Crippen molar-refractivity contribution < 1.29 is 9.59 Å². The van der Waals surface area contributed by atoms with E-state index in [1.165, 1.54) is 23.1 Å². The molecule has 11 heteroatoms. The van der Waals surface area contributed by atoms with Crippen molar-refractivity contribution in [2.24, 2.45) is 0 Å². The van der Waals surface area contributed by atoms with Crippen molar-refractivity contribution in [3.05, 3.63) is 51.2 Å². The molecule has 8 nitrogen and oxygen atoms in total. The number of anilines is 1. The summed E-state index contributed by atoms with van der Waals surface area (Å²) in [6, 6.07) is 6.31. The van der Waals surface area contributed by atoms with Crippen LogP contribution in [0.15, 0.2) is 29.4 Å². The van der Waals surface area contributed by atoms with Gasteiger partial charge in [-0.15, -0.1) is 21.5 Å². The predicted octanol–water partition coefficient (Wildman–Crippen LogP) is 4.64. The number of hydrogen-bond donors (Lipinski definition) is 2. The van der Waals surface area contributed by atoms with Crippen LogP contribution in [0.1, 0.15) is 53.6 Å². The lowest BCUT2D eigenvalue weighted by Gasteiger charge is -2.16. The van der Waals surface area contributed by atoms with Gasteiger partial charge in [-0.25, -0.2) is 4.98 Å². The van der Waals surface area contributed by atoms with E-state index < -0.39 is 5.25 Å². The third kappa shape index (κ3) is 5.67. The van der Waals surface area contributed by atoms with Gasteiger partial charge in [0.2, 0.25) is 5.91 Å². The highest BCUT2D eigenvalue weighted by Gasteiger charge is 2.23. The molecule has 0 aliphatic heterocycles.